The molecule has 0 bridgehead atoms. The van der Waals surface area contributed by atoms with Gasteiger partial charge in [-0.25, -0.2) is 4.79 Å². The molecule has 0 saturated heterocycles. The van der Waals surface area contributed by atoms with Crippen LogP contribution in [0.15, 0.2) is 24.3 Å². The molecule has 1 fully saturated rings. The smallest absolute Gasteiger partial charge is 0.338 e. The average molecular weight is 286 g/mol. The second-order valence-electron chi connectivity index (χ2n) is 4.79. The van der Waals surface area contributed by atoms with Gasteiger partial charge in [-0.05, 0) is 30.4 Å². The fourth-order valence-corrected chi connectivity index (χ4v) is 2.34. The van der Waals surface area contributed by atoms with Crippen molar-refractivity contribution in [2.75, 3.05) is 7.11 Å². The van der Waals surface area contributed by atoms with Crippen molar-refractivity contribution in [3.8, 4) is 0 Å². The van der Waals surface area contributed by atoms with E-state index in [2.05, 4.69) is 0 Å². The molecule has 19 heavy (non-hydrogen) atoms. The van der Waals surface area contributed by atoms with Gasteiger partial charge in [-0.1, -0.05) is 24.6 Å². The Balaban J connectivity index is 0.00000180. The van der Waals surface area contributed by atoms with Crippen molar-refractivity contribution in [2.45, 2.75) is 31.4 Å². The summed E-state index contributed by atoms with van der Waals surface area (Å²) in [5, 5.41) is 10.2. The number of carbonyl (C=O) groups excluding carboxylic acids is 1. The highest BCUT2D eigenvalue weighted by molar-refractivity contribution is 5.91. The number of benzene rings is 1. The summed E-state index contributed by atoms with van der Waals surface area (Å²) >= 11 is 0. The topological polar surface area (TPSA) is 72.5 Å². The number of rotatable bonds is 4. The summed E-state index contributed by atoms with van der Waals surface area (Å²) in [6.07, 6.45) is 2.57. The Kier molecular flexibility index (Phi) is 5.79. The maximum Gasteiger partial charge on any atom is 0.338 e. The van der Waals surface area contributed by atoms with E-state index in [1.54, 1.807) is 18.2 Å². The predicted octanol–water partition coefficient (Wildman–Crippen LogP) is 2.06. The Bertz CT molecular complexity index is 434. The molecule has 0 aliphatic heterocycles. The first-order valence-electron chi connectivity index (χ1n) is 6.26. The molecule has 2 rings (SSSR count). The van der Waals surface area contributed by atoms with E-state index in [-0.39, 0.29) is 18.3 Å². The molecular weight excluding hydrogens is 266 g/mol. The number of methoxy groups -OCH3 is 1. The van der Waals surface area contributed by atoms with Crippen molar-refractivity contribution < 1.29 is 14.6 Å². The summed E-state index contributed by atoms with van der Waals surface area (Å²) in [6, 6.07) is 6.49. The van der Waals surface area contributed by atoms with Crippen molar-refractivity contribution >= 4 is 18.4 Å². The van der Waals surface area contributed by atoms with E-state index >= 15 is 0 Å². The third-order valence-corrected chi connectivity index (χ3v) is 3.73. The van der Waals surface area contributed by atoms with E-state index in [0.29, 0.717) is 11.1 Å². The maximum absolute atomic E-state index is 11.7. The predicted molar refractivity (Wildman–Crippen MR) is 75.3 cm³/mol. The number of carbonyl (C=O) groups is 1. The van der Waals surface area contributed by atoms with Gasteiger partial charge in [0.1, 0.15) is 0 Å². The van der Waals surface area contributed by atoms with Gasteiger partial charge in [-0.15, -0.1) is 12.4 Å². The van der Waals surface area contributed by atoms with Crippen LogP contribution in [0, 0.1) is 5.92 Å². The molecule has 4 nitrogen and oxygen atoms in total. The normalized spacial score (nSPS) is 17.8. The molecule has 0 amide bonds. The molecule has 0 aromatic heterocycles. The molecule has 106 valence electrons. The SMILES string of the molecule is COC(=O)c1ccccc1[C@@H](N)[C@@H](O)C1CCC1.Cl. The highest BCUT2D eigenvalue weighted by Crippen LogP contribution is 2.35. The number of hydrogen-bond acceptors (Lipinski definition) is 4. The zero-order valence-electron chi connectivity index (χ0n) is 10.9. The summed E-state index contributed by atoms with van der Waals surface area (Å²) in [5.74, 6) is -0.160. The molecule has 1 aromatic carbocycles. The first-order valence-corrected chi connectivity index (χ1v) is 6.26. The monoisotopic (exact) mass is 285 g/mol. The lowest BCUT2D eigenvalue weighted by Gasteiger charge is -2.34. The number of halogens is 1. The van der Waals surface area contributed by atoms with E-state index in [9.17, 15) is 9.90 Å². The lowest BCUT2D eigenvalue weighted by atomic mass is 9.77. The van der Waals surface area contributed by atoms with Crippen LogP contribution in [0.3, 0.4) is 0 Å². The van der Waals surface area contributed by atoms with Crippen LogP contribution in [0.25, 0.3) is 0 Å². The highest BCUT2D eigenvalue weighted by atomic mass is 35.5. The van der Waals surface area contributed by atoms with Gasteiger partial charge in [-0.2, -0.15) is 0 Å². The molecule has 3 N–H and O–H groups in total. The van der Waals surface area contributed by atoms with Crippen LogP contribution in [0.1, 0.15) is 41.2 Å². The van der Waals surface area contributed by atoms with Crippen molar-refractivity contribution in [1.82, 2.24) is 0 Å². The van der Waals surface area contributed by atoms with Gasteiger partial charge in [0, 0.05) is 0 Å². The zero-order valence-corrected chi connectivity index (χ0v) is 11.7. The van der Waals surface area contributed by atoms with Gasteiger partial charge >= 0.3 is 5.97 Å². The number of aliphatic hydroxyl groups excluding tert-OH is 1. The van der Waals surface area contributed by atoms with Gasteiger partial charge in [0.05, 0.1) is 24.8 Å². The minimum atomic E-state index is -0.593. The molecule has 0 unspecified atom stereocenters. The molecule has 1 aliphatic rings. The van der Waals surface area contributed by atoms with Crippen molar-refractivity contribution in [3.63, 3.8) is 0 Å². The van der Waals surface area contributed by atoms with Gasteiger partial charge in [-0.3, -0.25) is 0 Å². The Morgan fingerprint density at radius 2 is 2.05 bits per heavy atom. The lowest BCUT2D eigenvalue weighted by molar-refractivity contribution is 0.0404. The third kappa shape index (κ3) is 3.26. The quantitative estimate of drug-likeness (QED) is 0.831. The molecule has 0 spiro atoms. The number of esters is 1. The average Bonchev–Trinajstić information content (AvgIpc) is 2.34. The first kappa shape index (κ1) is 16.0. The highest BCUT2D eigenvalue weighted by Gasteiger charge is 2.32. The number of ether oxygens (including phenoxy) is 1. The van der Waals surface area contributed by atoms with Gasteiger partial charge in [0.2, 0.25) is 0 Å². The Morgan fingerprint density at radius 1 is 1.42 bits per heavy atom. The van der Waals surface area contributed by atoms with E-state index in [0.717, 1.165) is 19.3 Å². The zero-order chi connectivity index (χ0) is 13.1. The number of aliphatic hydroxyl groups is 1. The molecular formula is C14H20ClNO3. The summed E-state index contributed by atoms with van der Waals surface area (Å²) in [4.78, 5) is 11.7. The van der Waals surface area contributed by atoms with Crippen LogP contribution in [-0.2, 0) is 4.74 Å². The Morgan fingerprint density at radius 3 is 2.58 bits per heavy atom. The summed E-state index contributed by atoms with van der Waals surface area (Å²) in [7, 11) is 1.34. The van der Waals surface area contributed by atoms with Crippen molar-refractivity contribution in [1.29, 1.82) is 0 Å². The fourth-order valence-electron chi connectivity index (χ4n) is 2.34. The number of hydrogen-bond donors (Lipinski definition) is 2. The van der Waals surface area contributed by atoms with Crippen LogP contribution in [0.4, 0.5) is 0 Å². The molecule has 5 heteroatoms. The summed E-state index contributed by atoms with van der Waals surface area (Å²) < 4.78 is 4.73. The molecule has 0 heterocycles. The standard InChI is InChI=1S/C14H19NO3.ClH/c1-18-14(17)11-8-3-2-7-10(11)12(15)13(16)9-5-4-6-9;/h2-3,7-9,12-13,16H,4-6,15H2,1H3;1H/t12-,13+;/m1./s1. The molecule has 0 radical (unpaired) electrons. The maximum atomic E-state index is 11.7. The summed E-state index contributed by atoms with van der Waals surface area (Å²) in [6.45, 7) is 0. The second-order valence-corrected chi connectivity index (χ2v) is 4.79. The second kappa shape index (κ2) is 6.89. The number of nitrogens with two attached hydrogens (primary N) is 1. The van der Waals surface area contributed by atoms with Gasteiger partial charge in [0.15, 0.2) is 0 Å². The van der Waals surface area contributed by atoms with Crippen LogP contribution < -0.4 is 5.73 Å². The molecule has 2 atom stereocenters. The molecule has 1 aliphatic carbocycles. The van der Waals surface area contributed by atoms with Gasteiger partial charge in [0.25, 0.3) is 0 Å². The van der Waals surface area contributed by atoms with E-state index in [1.165, 1.54) is 7.11 Å². The van der Waals surface area contributed by atoms with Crippen LogP contribution in [-0.4, -0.2) is 24.3 Å². The largest absolute Gasteiger partial charge is 0.465 e. The van der Waals surface area contributed by atoms with Gasteiger partial charge < -0.3 is 15.6 Å². The fraction of sp³-hybridized carbons (Fsp3) is 0.500. The van der Waals surface area contributed by atoms with E-state index in [1.807, 2.05) is 6.07 Å². The van der Waals surface area contributed by atoms with Crippen molar-refractivity contribution in [2.24, 2.45) is 11.7 Å². The van der Waals surface area contributed by atoms with Crippen LogP contribution in [0.5, 0.6) is 0 Å². The van der Waals surface area contributed by atoms with Crippen LogP contribution in [0.2, 0.25) is 0 Å². The molecule has 1 aromatic rings. The van der Waals surface area contributed by atoms with E-state index in [4.69, 9.17) is 10.5 Å². The van der Waals surface area contributed by atoms with Crippen molar-refractivity contribution in [3.05, 3.63) is 35.4 Å². The van der Waals surface area contributed by atoms with Crippen LogP contribution >= 0.6 is 12.4 Å². The molecule has 1 saturated carbocycles. The van der Waals surface area contributed by atoms with E-state index < -0.39 is 18.1 Å². The third-order valence-electron chi connectivity index (χ3n) is 3.73. The minimum absolute atomic E-state index is 0. The lowest BCUT2D eigenvalue weighted by Crippen LogP contribution is -2.37. The Hall–Kier alpha value is -1.10. The first-order chi connectivity index (χ1) is 8.65. The summed E-state index contributed by atoms with van der Waals surface area (Å²) in [5.41, 5.74) is 7.18. The minimum Gasteiger partial charge on any atom is -0.465 e. The Labute approximate surface area is 119 Å².